The zero-order valence-electron chi connectivity index (χ0n) is 10.9. The van der Waals surface area contributed by atoms with E-state index in [9.17, 15) is 9.59 Å². The van der Waals surface area contributed by atoms with Crippen LogP contribution in [0, 0.1) is 0 Å². The first-order valence-corrected chi connectivity index (χ1v) is 8.10. The van der Waals surface area contributed by atoms with Gasteiger partial charge in [-0.3, -0.25) is 9.59 Å². The standard InChI is InChI=1S/C13H16BrNO4S/c14-9-6-11(20-8-9)13(18)15(4-3-12(16)17)7-10-2-1-5-19-10/h6,8,10H,1-5,7H2,(H,16,17). The van der Waals surface area contributed by atoms with Crippen LogP contribution in [0.5, 0.6) is 0 Å². The van der Waals surface area contributed by atoms with Gasteiger partial charge in [0.2, 0.25) is 0 Å². The van der Waals surface area contributed by atoms with E-state index in [4.69, 9.17) is 9.84 Å². The van der Waals surface area contributed by atoms with Gasteiger partial charge in [0.15, 0.2) is 0 Å². The van der Waals surface area contributed by atoms with Crippen molar-refractivity contribution in [2.75, 3.05) is 19.7 Å². The molecule has 0 bridgehead atoms. The van der Waals surface area contributed by atoms with Crippen molar-refractivity contribution in [2.24, 2.45) is 0 Å². The van der Waals surface area contributed by atoms with Crippen LogP contribution in [0.25, 0.3) is 0 Å². The summed E-state index contributed by atoms with van der Waals surface area (Å²) in [5.41, 5.74) is 0. The van der Waals surface area contributed by atoms with Crippen molar-refractivity contribution >= 4 is 39.1 Å². The van der Waals surface area contributed by atoms with E-state index in [0.717, 1.165) is 23.9 Å². The van der Waals surface area contributed by atoms with Crippen LogP contribution in [-0.2, 0) is 9.53 Å². The maximum atomic E-state index is 12.4. The van der Waals surface area contributed by atoms with E-state index in [1.807, 2.05) is 5.38 Å². The average Bonchev–Trinajstić information content (AvgIpc) is 3.04. The molecule has 1 amide bonds. The van der Waals surface area contributed by atoms with Gasteiger partial charge in [-0.05, 0) is 34.8 Å². The van der Waals surface area contributed by atoms with Crippen LogP contribution in [0.1, 0.15) is 28.9 Å². The molecule has 5 nitrogen and oxygen atoms in total. The van der Waals surface area contributed by atoms with E-state index in [1.54, 1.807) is 11.0 Å². The van der Waals surface area contributed by atoms with Crippen LogP contribution >= 0.6 is 27.3 Å². The van der Waals surface area contributed by atoms with Crippen LogP contribution in [0.3, 0.4) is 0 Å². The second-order valence-electron chi connectivity index (χ2n) is 4.66. The fraction of sp³-hybridized carbons (Fsp3) is 0.538. The number of ether oxygens (including phenoxy) is 1. The number of thiophene rings is 1. The van der Waals surface area contributed by atoms with E-state index < -0.39 is 5.97 Å². The van der Waals surface area contributed by atoms with Crippen molar-refractivity contribution in [1.82, 2.24) is 4.90 Å². The Morgan fingerprint density at radius 3 is 2.90 bits per heavy atom. The zero-order valence-corrected chi connectivity index (χ0v) is 13.3. The smallest absolute Gasteiger partial charge is 0.305 e. The van der Waals surface area contributed by atoms with Gasteiger partial charge in [-0.1, -0.05) is 0 Å². The first-order valence-electron chi connectivity index (χ1n) is 6.43. The first-order chi connectivity index (χ1) is 9.56. The number of aliphatic carboxylic acids is 1. The van der Waals surface area contributed by atoms with Gasteiger partial charge in [-0.15, -0.1) is 11.3 Å². The lowest BCUT2D eigenvalue weighted by atomic mass is 10.2. The topological polar surface area (TPSA) is 66.8 Å². The summed E-state index contributed by atoms with van der Waals surface area (Å²) in [5, 5.41) is 10.6. The third-order valence-electron chi connectivity index (χ3n) is 3.11. The number of carbonyl (C=O) groups is 2. The molecule has 1 aromatic rings. The summed E-state index contributed by atoms with van der Waals surface area (Å²) in [7, 11) is 0. The van der Waals surface area contributed by atoms with E-state index in [0.29, 0.717) is 11.4 Å². The summed E-state index contributed by atoms with van der Waals surface area (Å²) < 4.78 is 6.40. The van der Waals surface area contributed by atoms with Gasteiger partial charge >= 0.3 is 5.97 Å². The monoisotopic (exact) mass is 361 g/mol. The highest BCUT2D eigenvalue weighted by atomic mass is 79.9. The van der Waals surface area contributed by atoms with Crippen molar-refractivity contribution in [3.63, 3.8) is 0 Å². The minimum atomic E-state index is -0.900. The zero-order chi connectivity index (χ0) is 14.5. The Morgan fingerprint density at radius 1 is 1.55 bits per heavy atom. The number of halogens is 1. The normalized spacial score (nSPS) is 18.1. The second kappa shape index (κ2) is 7.19. The number of carbonyl (C=O) groups excluding carboxylic acids is 1. The molecule has 0 radical (unpaired) electrons. The largest absolute Gasteiger partial charge is 0.481 e. The molecule has 1 N–H and O–H groups in total. The molecule has 7 heteroatoms. The lowest BCUT2D eigenvalue weighted by molar-refractivity contribution is -0.137. The van der Waals surface area contributed by atoms with Gasteiger partial charge in [0.05, 0.1) is 17.4 Å². The molecular formula is C13H16BrNO4S. The van der Waals surface area contributed by atoms with Crippen molar-refractivity contribution in [3.05, 3.63) is 20.8 Å². The van der Waals surface area contributed by atoms with E-state index in [-0.39, 0.29) is 25.0 Å². The Labute approximate surface area is 129 Å². The molecule has 0 spiro atoms. The molecular weight excluding hydrogens is 346 g/mol. The molecule has 0 aliphatic carbocycles. The van der Waals surface area contributed by atoms with Gasteiger partial charge in [0.25, 0.3) is 5.91 Å². The maximum absolute atomic E-state index is 12.4. The lowest BCUT2D eigenvalue weighted by Crippen LogP contribution is -2.38. The number of nitrogens with zero attached hydrogens (tertiary/aromatic N) is 1. The first kappa shape index (κ1) is 15.5. The summed E-state index contributed by atoms with van der Waals surface area (Å²) in [6.45, 7) is 1.39. The molecule has 110 valence electrons. The van der Waals surface area contributed by atoms with Gasteiger partial charge in [0.1, 0.15) is 0 Å². The SMILES string of the molecule is O=C(O)CCN(CC1CCCO1)C(=O)c1cc(Br)cs1. The molecule has 0 saturated carbocycles. The molecule has 1 unspecified atom stereocenters. The predicted molar refractivity (Wildman–Crippen MR) is 79.1 cm³/mol. The van der Waals surface area contributed by atoms with Gasteiger partial charge in [-0.2, -0.15) is 0 Å². The van der Waals surface area contributed by atoms with Crippen LogP contribution < -0.4 is 0 Å². The number of amides is 1. The number of rotatable bonds is 6. The highest BCUT2D eigenvalue weighted by molar-refractivity contribution is 9.10. The van der Waals surface area contributed by atoms with Gasteiger partial charge in [0, 0.05) is 29.5 Å². The molecule has 2 heterocycles. The Bertz CT molecular complexity index is 484. The van der Waals surface area contributed by atoms with Crippen molar-refractivity contribution in [3.8, 4) is 0 Å². The number of carboxylic acids is 1. The fourth-order valence-electron chi connectivity index (χ4n) is 2.12. The quantitative estimate of drug-likeness (QED) is 0.845. The molecule has 1 aliphatic heterocycles. The third kappa shape index (κ3) is 4.29. The summed E-state index contributed by atoms with van der Waals surface area (Å²) in [5.74, 6) is -1.03. The molecule has 1 aromatic heterocycles. The number of hydrogen-bond donors (Lipinski definition) is 1. The minimum absolute atomic E-state index is 0.0242. The highest BCUT2D eigenvalue weighted by Crippen LogP contribution is 2.22. The number of hydrogen-bond acceptors (Lipinski definition) is 4. The molecule has 1 saturated heterocycles. The molecule has 20 heavy (non-hydrogen) atoms. The summed E-state index contributed by atoms with van der Waals surface area (Å²) in [4.78, 5) is 25.4. The van der Waals surface area contributed by atoms with Crippen LogP contribution in [0.2, 0.25) is 0 Å². The van der Waals surface area contributed by atoms with Crippen molar-refractivity contribution < 1.29 is 19.4 Å². The fourth-order valence-corrected chi connectivity index (χ4v) is 3.51. The third-order valence-corrected chi connectivity index (χ3v) is 4.79. The van der Waals surface area contributed by atoms with E-state index in [1.165, 1.54) is 11.3 Å². The van der Waals surface area contributed by atoms with Crippen molar-refractivity contribution in [2.45, 2.75) is 25.4 Å². The highest BCUT2D eigenvalue weighted by Gasteiger charge is 2.24. The Morgan fingerprint density at radius 2 is 2.35 bits per heavy atom. The van der Waals surface area contributed by atoms with E-state index in [2.05, 4.69) is 15.9 Å². The van der Waals surface area contributed by atoms with Crippen LogP contribution in [-0.4, -0.2) is 47.7 Å². The second-order valence-corrected chi connectivity index (χ2v) is 6.49. The minimum Gasteiger partial charge on any atom is -0.481 e. The summed E-state index contributed by atoms with van der Waals surface area (Å²) in [6, 6.07) is 1.76. The molecule has 1 aliphatic rings. The maximum Gasteiger partial charge on any atom is 0.305 e. The van der Waals surface area contributed by atoms with E-state index >= 15 is 0 Å². The molecule has 1 atom stereocenters. The lowest BCUT2D eigenvalue weighted by Gasteiger charge is -2.24. The number of carboxylic acid groups (broad SMARTS) is 1. The van der Waals surface area contributed by atoms with Gasteiger partial charge < -0.3 is 14.7 Å². The predicted octanol–water partition coefficient (Wildman–Crippen LogP) is 2.61. The average molecular weight is 362 g/mol. The summed E-state index contributed by atoms with van der Waals surface area (Å²) >= 11 is 4.67. The van der Waals surface area contributed by atoms with Crippen LogP contribution in [0.4, 0.5) is 0 Å². The molecule has 1 fully saturated rings. The Kier molecular flexibility index (Phi) is 5.56. The Balaban J connectivity index is 2.03. The summed E-state index contributed by atoms with van der Waals surface area (Å²) in [6.07, 6.45) is 1.89. The van der Waals surface area contributed by atoms with Crippen LogP contribution in [0.15, 0.2) is 15.9 Å². The Hall–Kier alpha value is -0.920. The molecule has 0 aromatic carbocycles. The van der Waals surface area contributed by atoms with Crippen molar-refractivity contribution in [1.29, 1.82) is 0 Å². The molecule has 2 rings (SSSR count). The van der Waals surface area contributed by atoms with Gasteiger partial charge in [-0.25, -0.2) is 0 Å².